The third kappa shape index (κ3) is 5.06. The third-order valence-corrected chi connectivity index (χ3v) is 8.50. The summed E-state index contributed by atoms with van der Waals surface area (Å²) in [6.07, 6.45) is -3.64. The van der Waals surface area contributed by atoms with Crippen LogP contribution in [-0.2, 0) is 21.8 Å². The molecule has 2 aliphatic heterocycles. The molecule has 3 aliphatic rings. The summed E-state index contributed by atoms with van der Waals surface area (Å²) in [5.41, 5.74) is 0.0617. The fourth-order valence-corrected chi connectivity index (χ4v) is 6.50. The summed E-state index contributed by atoms with van der Waals surface area (Å²) < 4.78 is 52.3. The van der Waals surface area contributed by atoms with E-state index in [0.717, 1.165) is 21.9 Å². The van der Waals surface area contributed by atoms with Crippen LogP contribution in [0.15, 0.2) is 59.8 Å². The second-order valence-corrected chi connectivity index (χ2v) is 11.2. The maximum absolute atomic E-state index is 14.0. The van der Waals surface area contributed by atoms with Crippen molar-refractivity contribution in [1.82, 2.24) is 10.2 Å². The van der Waals surface area contributed by atoms with Crippen LogP contribution >= 0.6 is 0 Å². The molecule has 4 amide bonds. The number of allylic oxidation sites excluding steroid dienone is 1. The summed E-state index contributed by atoms with van der Waals surface area (Å²) in [4.78, 5) is 42.8. The fourth-order valence-electron chi connectivity index (χ4n) is 5.20. The summed E-state index contributed by atoms with van der Waals surface area (Å²) in [5.74, 6) is 0.458. The number of rotatable bonds is 3. The van der Waals surface area contributed by atoms with Crippen LogP contribution in [0.2, 0.25) is 0 Å². The lowest BCUT2D eigenvalue weighted by Crippen LogP contribution is -2.57. The van der Waals surface area contributed by atoms with Crippen molar-refractivity contribution in [2.75, 3.05) is 16.4 Å². The van der Waals surface area contributed by atoms with Gasteiger partial charge in [0.05, 0.1) is 28.9 Å². The van der Waals surface area contributed by atoms with Crippen LogP contribution in [0.25, 0.3) is 0 Å². The van der Waals surface area contributed by atoms with Crippen molar-refractivity contribution in [2.45, 2.75) is 43.9 Å². The molecule has 0 aromatic heterocycles. The molecule has 5 rings (SSSR count). The molecule has 8 nitrogen and oxygen atoms in total. The molecule has 0 spiro atoms. The Bertz CT molecular complexity index is 1440. The van der Waals surface area contributed by atoms with Crippen molar-refractivity contribution >= 4 is 34.3 Å². The van der Waals surface area contributed by atoms with Gasteiger partial charge >= 0.3 is 18.2 Å². The van der Waals surface area contributed by atoms with E-state index in [1.165, 1.54) is 24.3 Å². The lowest BCUT2D eigenvalue weighted by atomic mass is 9.92. The Hall–Kier alpha value is -3.98. The largest absolute Gasteiger partial charge is 0.416 e. The van der Waals surface area contributed by atoms with Gasteiger partial charge in [-0.15, -0.1) is 0 Å². The van der Waals surface area contributed by atoms with Crippen molar-refractivity contribution in [3.05, 3.63) is 76.5 Å². The summed E-state index contributed by atoms with van der Waals surface area (Å²) in [6.45, 7) is 0. The van der Waals surface area contributed by atoms with Crippen LogP contribution in [-0.4, -0.2) is 44.5 Å². The molecule has 0 saturated carbocycles. The first-order chi connectivity index (χ1) is 18.6. The quantitative estimate of drug-likeness (QED) is 0.584. The highest BCUT2D eigenvalue weighted by atomic mass is 32.2. The zero-order chi connectivity index (χ0) is 27.9. The SMILES string of the molecule is N#Cc1ccc([C@@H]2C3=C(CCC3=O)N(c3cccc(C(F)(F)F)c3)C(=O)N2C(=O)NC2CCS(=O)CC2)cc1. The molecule has 1 atom stereocenters. The topological polar surface area (TPSA) is 111 Å². The van der Waals surface area contributed by atoms with Crippen molar-refractivity contribution < 1.29 is 31.8 Å². The van der Waals surface area contributed by atoms with Crippen LogP contribution in [0.3, 0.4) is 0 Å². The highest BCUT2D eigenvalue weighted by Gasteiger charge is 2.49. The first-order valence-corrected chi connectivity index (χ1v) is 13.8. The normalized spacial score (nSPS) is 23.5. The average molecular weight is 557 g/mol. The number of hydrogen-bond acceptors (Lipinski definition) is 5. The van der Waals surface area contributed by atoms with E-state index in [-0.39, 0.29) is 41.6 Å². The highest BCUT2D eigenvalue weighted by Crippen LogP contribution is 2.45. The maximum atomic E-state index is 14.0. The minimum Gasteiger partial charge on any atom is -0.335 e. The highest BCUT2D eigenvalue weighted by molar-refractivity contribution is 7.85. The Morgan fingerprint density at radius 2 is 1.74 bits per heavy atom. The van der Waals surface area contributed by atoms with Gasteiger partial charge in [-0.05, 0) is 55.2 Å². The van der Waals surface area contributed by atoms with Crippen LogP contribution in [0.1, 0.15) is 48.4 Å². The lowest BCUT2D eigenvalue weighted by Gasteiger charge is -2.41. The first-order valence-electron chi connectivity index (χ1n) is 12.3. The number of alkyl halides is 3. The van der Waals surface area contributed by atoms with E-state index < -0.39 is 40.6 Å². The molecule has 1 fully saturated rings. The Balaban J connectivity index is 1.63. The van der Waals surface area contributed by atoms with Gasteiger partial charge in [0.15, 0.2) is 5.78 Å². The number of Topliss-reactive ketones (excluding diaryl/α,β-unsaturated/α-hetero) is 1. The second kappa shape index (κ2) is 10.3. The van der Waals surface area contributed by atoms with E-state index in [1.54, 1.807) is 12.1 Å². The van der Waals surface area contributed by atoms with Gasteiger partial charge in [-0.3, -0.25) is 13.9 Å². The number of nitrogens with zero attached hydrogens (tertiary/aromatic N) is 3. The Morgan fingerprint density at radius 3 is 2.38 bits per heavy atom. The van der Waals surface area contributed by atoms with Gasteiger partial charge in [0.2, 0.25) is 0 Å². The van der Waals surface area contributed by atoms with E-state index in [0.29, 0.717) is 35.5 Å². The Morgan fingerprint density at radius 1 is 1.05 bits per heavy atom. The van der Waals surface area contributed by atoms with Gasteiger partial charge in [-0.25, -0.2) is 14.5 Å². The standard InChI is InChI=1S/C27H23F3N4O4S/c28-27(29,30)18-2-1-3-20(14-18)33-21-8-9-22(35)23(21)24(17-6-4-16(15-31)5-7-17)34(26(33)37)25(36)32-19-10-12-39(38)13-11-19/h1-7,14,19,24H,8-13H2,(H,32,36)/t19?,24-,39?/m1/s1. The lowest BCUT2D eigenvalue weighted by molar-refractivity contribution is -0.137. The predicted octanol–water partition coefficient (Wildman–Crippen LogP) is 4.80. The van der Waals surface area contributed by atoms with Gasteiger partial charge in [0, 0.05) is 46.0 Å². The number of carbonyl (C=O) groups excluding carboxylic acids is 3. The molecule has 0 unspecified atom stereocenters. The number of ketones is 1. The maximum Gasteiger partial charge on any atom is 0.416 e. The molecule has 1 saturated heterocycles. The molecule has 0 bridgehead atoms. The number of nitriles is 1. The van der Waals surface area contributed by atoms with Crippen molar-refractivity contribution in [2.24, 2.45) is 0 Å². The summed E-state index contributed by atoms with van der Waals surface area (Å²) in [7, 11) is -0.987. The van der Waals surface area contributed by atoms with E-state index in [4.69, 9.17) is 0 Å². The van der Waals surface area contributed by atoms with Crippen LogP contribution < -0.4 is 10.2 Å². The molecule has 12 heteroatoms. The number of urea groups is 2. The molecule has 0 radical (unpaired) electrons. The van der Waals surface area contributed by atoms with Crippen LogP contribution in [0, 0.1) is 11.3 Å². The van der Waals surface area contributed by atoms with E-state index >= 15 is 0 Å². The average Bonchev–Trinajstić information content (AvgIpc) is 3.29. The minimum absolute atomic E-state index is 0.0318. The molecule has 1 aliphatic carbocycles. The van der Waals surface area contributed by atoms with Gasteiger partial charge in [-0.2, -0.15) is 18.4 Å². The van der Waals surface area contributed by atoms with E-state index in [2.05, 4.69) is 5.32 Å². The summed E-state index contributed by atoms with van der Waals surface area (Å²) >= 11 is 0. The number of nitrogens with one attached hydrogen (secondary N) is 1. The molecule has 202 valence electrons. The van der Waals surface area contributed by atoms with Crippen LogP contribution in [0.4, 0.5) is 28.4 Å². The third-order valence-electron chi connectivity index (χ3n) is 7.12. The van der Waals surface area contributed by atoms with E-state index in [9.17, 15) is 37.0 Å². The number of amides is 4. The molecular weight excluding hydrogens is 533 g/mol. The smallest absolute Gasteiger partial charge is 0.335 e. The number of imide groups is 1. The summed E-state index contributed by atoms with van der Waals surface area (Å²) in [5, 5.41) is 12.0. The zero-order valence-corrected chi connectivity index (χ0v) is 21.3. The van der Waals surface area contributed by atoms with Crippen molar-refractivity contribution in [3.8, 4) is 6.07 Å². The number of hydrogen-bond donors (Lipinski definition) is 1. The monoisotopic (exact) mass is 556 g/mol. The van der Waals surface area contributed by atoms with Crippen LogP contribution in [0.5, 0.6) is 0 Å². The molecular formula is C27H23F3N4O4S. The van der Waals surface area contributed by atoms with Crippen molar-refractivity contribution in [3.63, 3.8) is 0 Å². The first kappa shape index (κ1) is 26.6. The second-order valence-electron chi connectivity index (χ2n) is 9.53. The zero-order valence-electron chi connectivity index (χ0n) is 20.5. The molecule has 1 N–H and O–H groups in total. The number of carbonyl (C=O) groups is 3. The molecule has 2 aromatic carbocycles. The van der Waals surface area contributed by atoms with Gasteiger partial charge in [-0.1, -0.05) is 18.2 Å². The number of halogens is 3. The molecule has 2 aromatic rings. The van der Waals surface area contributed by atoms with Gasteiger partial charge in [0.1, 0.15) is 0 Å². The van der Waals surface area contributed by atoms with Crippen molar-refractivity contribution in [1.29, 1.82) is 5.26 Å². The van der Waals surface area contributed by atoms with Gasteiger partial charge in [0.25, 0.3) is 0 Å². The Labute approximate surface area is 224 Å². The predicted molar refractivity (Wildman–Crippen MR) is 136 cm³/mol. The van der Waals surface area contributed by atoms with Gasteiger partial charge < -0.3 is 5.32 Å². The molecule has 2 heterocycles. The molecule has 39 heavy (non-hydrogen) atoms. The minimum atomic E-state index is -4.67. The fraction of sp³-hybridized carbons (Fsp3) is 0.333. The number of benzene rings is 2. The number of anilines is 1. The summed E-state index contributed by atoms with van der Waals surface area (Å²) in [6, 6.07) is 9.11. The Kier molecular flexibility index (Phi) is 7.03. The van der Waals surface area contributed by atoms with E-state index in [1.807, 2.05) is 6.07 Å².